The lowest BCUT2D eigenvalue weighted by molar-refractivity contribution is -0.122. The van der Waals surface area contributed by atoms with E-state index >= 15 is 0 Å². The highest BCUT2D eigenvalue weighted by molar-refractivity contribution is 5.77. The van der Waals surface area contributed by atoms with Crippen LogP contribution in [0.1, 0.15) is 18.4 Å². The van der Waals surface area contributed by atoms with Crippen molar-refractivity contribution in [1.29, 1.82) is 0 Å². The van der Waals surface area contributed by atoms with Gasteiger partial charge in [0, 0.05) is 52.0 Å². The maximum Gasteiger partial charge on any atom is 0.223 e. The maximum absolute atomic E-state index is 11.9. The van der Waals surface area contributed by atoms with Gasteiger partial charge in [0.05, 0.1) is 13.0 Å². The Bertz CT molecular complexity index is 558. The molecule has 2 aliphatic rings. The fourth-order valence-corrected chi connectivity index (χ4v) is 3.80. The number of hydrogen-bond acceptors (Lipinski definition) is 5. The summed E-state index contributed by atoms with van der Waals surface area (Å²) in [6.45, 7) is 5.88. The van der Waals surface area contributed by atoms with Gasteiger partial charge in [0.15, 0.2) is 0 Å². The molecule has 2 aliphatic heterocycles. The highest BCUT2D eigenvalue weighted by Crippen LogP contribution is 2.20. The molecule has 0 aromatic heterocycles. The molecule has 0 radical (unpaired) electrons. The smallest absolute Gasteiger partial charge is 0.223 e. The van der Waals surface area contributed by atoms with Crippen LogP contribution >= 0.6 is 0 Å². The first-order valence-corrected chi connectivity index (χ1v) is 9.12. The van der Waals surface area contributed by atoms with Gasteiger partial charge in [-0.25, -0.2) is 0 Å². The molecule has 6 nitrogen and oxygen atoms in total. The summed E-state index contributed by atoms with van der Waals surface area (Å²) in [6, 6.07) is 8.63. The molecular formula is C19H29N3O3. The maximum atomic E-state index is 11.9. The molecular weight excluding hydrogens is 318 g/mol. The Hall–Kier alpha value is -1.63. The molecule has 25 heavy (non-hydrogen) atoms. The third kappa shape index (κ3) is 4.93. The fraction of sp³-hybridized carbons (Fsp3) is 0.632. The topological polar surface area (TPSA) is 68.0 Å². The number of hydrogen-bond donors (Lipinski definition) is 1. The van der Waals surface area contributed by atoms with Crippen molar-refractivity contribution in [3.63, 3.8) is 0 Å². The van der Waals surface area contributed by atoms with Crippen LogP contribution in [0.3, 0.4) is 0 Å². The molecule has 2 N–H and O–H groups in total. The largest absolute Gasteiger partial charge is 0.497 e. The average molecular weight is 347 g/mol. The molecule has 0 aliphatic carbocycles. The van der Waals surface area contributed by atoms with Crippen molar-refractivity contribution in [2.24, 2.45) is 11.7 Å². The number of rotatable bonds is 5. The zero-order chi connectivity index (χ0) is 17.6. The number of benzene rings is 1. The first kappa shape index (κ1) is 18.2. The van der Waals surface area contributed by atoms with Crippen LogP contribution in [0, 0.1) is 5.92 Å². The number of nitrogens with zero attached hydrogens (tertiary/aromatic N) is 2. The molecule has 6 heteroatoms. The number of amides is 1. The van der Waals surface area contributed by atoms with Gasteiger partial charge in [-0.15, -0.1) is 0 Å². The molecule has 0 bridgehead atoms. The van der Waals surface area contributed by atoms with Crippen LogP contribution in [0.2, 0.25) is 0 Å². The van der Waals surface area contributed by atoms with Gasteiger partial charge in [0.25, 0.3) is 0 Å². The van der Waals surface area contributed by atoms with E-state index in [1.165, 1.54) is 5.56 Å². The molecule has 3 rings (SSSR count). The molecule has 2 saturated heterocycles. The zero-order valence-electron chi connectivity index (χ0n) is 15.0. The first-order valence-electron chi connectivity index (χ1n) is 9.12. The monoisotopic (exact) mass is 347 g/mol. The predicted octanol–water partition coefficient (Wildman–Crippen LogP) is 1.09. The number of carbonyl (C=O) groups excluding carboxylic acids is 1. The summed E-state index contributed by atoms with van der Waals surface area (Å²) in [5.74, 6) is 0.544. The number of primary amides is 1. The SMILES string of the molecule is COc1ccc(CN2CCN(C3CCOCC3)CC(C(N)=O)C2)cc1. The van der Waals surface area contributed by atoms with Crippen molar-refractivity contribution in [1.82, 2.24) is 9.80 Å². The second kappa shape index (κ2) is 8.65. The van der Waals surface area contributed by atoms with Crippen LogP contribution in [0.4, 0.5) is 0 Å². The van der Waals surface area contributed by atoms with Crippen molar-refractivity contribution >= 4 is 5.91 Å². The summed E-state index contributed by atoms with van der Waals surface area (Å²) in [5, 5.41) is 0. The van der Waals surface area contributed by atoms with Crippen molar-refractivity contribution in [2.75, 3.05) is 46.5 Å². The molecule has 1 atom stereocenters. The van der Waals surface area contributed by atoms with E-state index in [4.69, 9.17) is 15.2 Å². The second-order valence-corrected chi connectivity index (χ2v) is 7.02. The summed E-state index contributed by atoms with van der Waals surface area (Å²) < 4.78 is 10.7. The number of carbonyl (C=O) groups is 1. The highest BCUT2D eigenvalue weighted by Gasteiger charge is 2.30. The summed E-state index contributed by atoms with van der Waals surface area (Å²) in [4.78, 5) is 16.7. The molecule has 1 amide bonds. The lowest BCUT2D eigenvalue weighted by Crippen LogP contribution is -2.44. The first-order chi connectivity index (χ1) is 12.2. The summed E-state index contributed by atoms with van der Waals surface area (Å²) in [5.41, 5.74) is 6.91. The Balaban J connectivity index is 1.65. The Morgan fingerprint density at radius 2 is 1.92 bits per heavy atom. The standard InChI is InChI=1S/C19H29N3O3/c1-24-18-4-2-15(3-5-18)12-21-8-9-22(14-16(13-21)19(20)23)17-6-10-25-11-7-17/h2-5,16-17H,6-14H2,1H3,(H2,20,23). The molecule has 0 spiro atoms. The van der Waals surface area contributed by atoms with E-state index in [9.17, 15) is 4.79 Å². The average Bonchev–Trinajstić information content (AvgIpc) is 2.86. The van der Waals surface area contributed by atoms with Crippen LogP contribution in [0.15, 0.2) is 24.3 Å². The van der Waals surface area contributed by atoms with Gasteiger partial charge in [-0.3, -0.25) is 14.6 Å². The van der Waals surface area contributed by atoms with Crippen LogP contribution in [0.25, 0.3) is 0 Å². The normalized spacial score (nSPS) is 24.0. The number of ether oxygens (including phenoxy) is 2. The number of methoxy groups -OCH3 is 1. The lowest BCUT2D eigenvalue weighted by atomic mass is 10.0. The Morgan fingerprint density at radius 1 is 1.20 bits per heavy atom. The van der Waals surface area contributed by atoms with Crippen molar-refractivity contribution in [3.05, 3.63) is 29.8 Å². The molecule has 1 aromatic rings. The van der Waals surface area contributed by atoms with E-state index in [1.807, 2.05) is 12.1 Å². The van der Waals surface area contributed by atoms with Crippen LogP contribution in [-0.2, 0) is 16.1 Å². The van der Waals surface area contributed by atoms with Crippen LogP contribution < -0.4 is 10.5 Å². The third-order valence-electron chi connectivity index (χ3n) is 5.31. The minimum Gasteiger partial charge on any atom is -0.497 e. The van der Waals surface area contributed by atoms with Gasteiger partial charge in [-0.1, -0.05) is 12.1 Å². The van der Waals surface area contributed by atoms with Crippen molar-refractivity contribution in [2.45, 2.75) is 25.4 Å². The Labute approximate surface area is 149 Å². The van der Waals surface area contributed by atoms with Crippen molar-refractivity contribution in [3.8, 4) is 5.75 Å². The fourth-order valence-electron chi connectivity index (χ4n) is 3.80. The zero-order valence-corrected chi connectivity index (χ0v) is 15.0. The molecule has 1 unspecified atom stereocenters. The summed E-state index contributed by atoms with van der Waals surface area (Å²) >= 11 is 0. The number of nitrogens with two attached hydrogens (primary N) is 1. The van der Waals surface area contributed by atoms with Gasteiger partial charge >= 0.3 is 0 Å². The van der Waals surface area contributed by atoms with Gasteiger partial charge < -0.3 is 15.2 Å². The van der Waals surface area contributed by atoms with Gasteiger partial charge in [0.1, 0.15) is 5.75 Å². The van der Waals surface area contributed by atoms with Gasteiger partial charge in [-0.05, 0) is 30.5 Å². The quantitative estimate of drug-likeness (QED) is 0.864. The third-order valence-corrected chi connectivity index (χ3v) is 5.31. The van der Waals surface area contributed by atoms with Crippen LogP contribution in [0.5, 0.6) is 5.75 Å². The lowest BCUT2D eigenvalue weighted by Gasteiger charge is -2.34. The van der Waals surface area contributed by atoms with Gasteiger partial charge in [-0.2, -0.15) is 0 Å². The summed E-state index contributed by atoms with van der Waals surface area (Å²) in [7, 11) is 1.67. The Kier molecular flexibility index (Phi) is 6.29. The minimum atomic E-state index is -0.196. The van der Waals surface area contributed by atoms with E-state index in [1.54, 1.807) is 7.11 Å². The molecule has 2 heterocycles. The van der Waals surface area contributed by atoms with Crippen LogP contribution in [-0.4, -0.2) is 68.3 Å². The molecule has 2 fully saturated rings. The summed E-state index contributed by atoms with van der Waals surface area (Å²) in [6.07, 6.45) is 2.09. The van der Waals surface area contributed by atoms with Crippen molar-refractivity contribution < 1.29 is 14.3 Å². The minimum absolute atomic E-state index is 0.122. The van der Waals surface area contributed by atoms with E-state index in [0.29, 0.717) is 6.04 Å². The highest BCUT2D eigenvalue weighted by atomic mass is 16.5. The predicted molar refractivity (Wildman–Crippen MR) is 96.4 cm³/mol. The van der Waals surface area contributed by atoms with Gasteiger partial charge in [0.2, 0.25) is 5.91 Å². The van der Waals surface area contributed by atoms with E-state index in [-0.39, 0.29) is 11.8 Å². The van der Waals surface area contributed by atoms with E-state index < -0.39 is 0 Å². The second-order valence-electron chi connectivity index (χ2n) is 7.02. The Morgan fingerprint density at radius 3 is 2.56 bits per heavy atom. The van der Waals surface area contributed by atoms with E-state index in [2.05, 4.69) is 21.9 Å². The van der Waals surface area contributed by atoms with E-state index in [0.717, 1.165) is 64.5 Å². The molecule has 1 aromatic carbocycles. The molecule has 0 saturated carbocycles. The molecule has 138 valence electrons.